The van der Waals surface area contributed by atoms with Crippen molar-refractivity contribution in [1.82, 2.24) is 9.62 Å². The molecule has 0 saturated heterocycles. The molecule has 0 heterocycles. The number of amides is 1. The van der Waals surface area contributed by atoms with Crippen molar-refractivity contribution in [1.29, 1.82) is 0 Å². The van der Waals surface area contributed by atoms with Gasteiger partial charge in [-0.25, -0.2) is 12.8 Å². The molecule has 0 aromatic heterocycles. The van der Waals surface area contributed by atoms with Crippen LogP contribution in [0.2, 0.25) is 0 Å². The van der Waals surface area contributed by atoms with Gasteiger partial charge in [0.1, 0.15) is 11.6 Å². The predicted octanol–water partition coefficient (Wildman–Crippen LogP) is 2.33. The second-order valence-corrected chi connectivity index (χ2v) is 7.82. The van der Waals surface area contributed by atoms with E-state index in [1.54, 1.807) is 19.1 Å². The normalized spacial score (nSPS) is 12.7. The van der Waals surface area contributed by atoms with Crippen molar-refractivity contribution < 1.29 is 22.3 Å². The van der Waals surface area contributed by atoms with Crippen molar-refractivity contribution in [2.45, 2.75) is 17.9 Å². The first kappa shape index (κ1) is 19.9. The van der Waals surface area contributed by atoms with Crippen LogP contribution >= 0.6 is 0 Å². The SMILES string of the molecule is COc1ccc(S(=O)(=O)N(C)CC(=O)NC(C)c2ccc(F)cc2)cc1. The van der Waals surface area contributed by atoms with E-state index >= 15 is 0 Å². The fourth-order valence-electron chi connectivity index (χ4n) is 2.34. The number of hydrogen-bond acceptors (Lipinski definition) is 4. The average molecular weight is 380 g/mol. The molecule has 8 heteroatoms. The van der Waals surface area contributed by atoms with Crippen molar-refractivity contribution >= 4 is 15.9 Å². The Morgan fingerprint density at radius 2 is 1.73 bits per heavy atom. The molecule has 0 radical (unpaired) electrons. The summed E-state index contributed by atoms with van der Waals surface area (Å²) in [6, 6.07) is 11.3. The van der Waals surface area contributed by atoms with Crippen molar-refractivity contribution in [3.63, 3.8) is 0 Å². The molecular weight excluding hydrogens is 359 g/mol. The number of methoxy groups -OCH3 is 1. The number of ether oxygens (including phenoxy) is 1. The topological polar surface area (TPSA) is 75.7 Å². The summed E-state index contributed by atoms with van der Waals surface area (Å²) in [4.78, 5) is 12.2. The smallest absolute Gasteiger partial charge is 0.243 e. The van der Waals surface area contributed by atoms with Crippen LogP contribution in [0.3, 0.4) is 0 Å². The molecule has 0 spiro atoms. The first-order valence-corrected chi connectivity index (χ1v) is 9.33. The van der Waals surface area contributed by atoms with Crippen molar-refractivity contribution in [2.24, 2.45) is 0 Å². The van der Waals surface area contributed by atoms with Crippen LogP contribution in [0.1, 0.15) is 18.5 Å². The molecular formula is C18H21FN2O4S. The molecule has 140 valence electrons. The zero-order valence-electron chi connectivity index (χ0n) is 14.8. The minimum absolute atomic E-state index is 0.0696. The zero-order valence-corrected chi connectivity index (χ0v) is 15.6. The van der Waals surface area contributed by atoms with E-state index in [1.807, 2.05) is 0 Å². The maximum Gasteiger partial charge on any atom is 0.243 e. The molecule has 1 N–H and O–H groups in total. The number of benzene rings is 2. The van der Waals surface area contributed by atoms with E-state index in [-0.39, 0.29) is 23.3 Å². The number of carbonyl (C=O) groups is 1. The number of likely N-dealkylation sites (N-methyl/N-ethyl adjacent to an activating group) is 1. The molecule has 0 aliphatic carbocycles. The summed E-state index contributed by atoms with van der Waals surface area (Å²) >= 11 is 0. The summed E-state index contributed by atoms with van der Waals surface area (Å²) in [5.41, 5.74) is 0.723. The molecule has 0 aliphatic heterocycles. The Hall–Kier alpha value is -2.45. The number of hydrogen-bond donors (Lipinski definition) is 1. The first-order chi connectivity index (χ1) is 12.2. The van der Waals surface area contributed by atoms with E-state index in [4.69, 9.17) is 4.74 Å². The van der Waals surface area contributed by atoms with Crippen LogP contribution in [-0.2, 0) is 14.8 Å². The van der Waals surface area contributed by atoms with E-state index in [1.165, 1.54) is 50.6 Å². The number of rotatable bonds is 7. The van der Waals surface area contributed by atoms with Crippen LogP contribution in [0, 0.1) is 5.82 Å². The van der Waals surface area contributed by atoms with Crippen molar-refractivity contribution in [3.05, 3.63) is 59.9 Å². The van der Waals surface area contributed by atoms with Gasteiger partial charge in [-0.15, -0.1) is 0 Å². The summed E-state index contributed by atoms with van der Waals surface area (Å²) < 4.78 is 44.0. The van der Waals surface area contributed by atoms with Crippen LogP contribution in [-0.4, -0.2) is 39.3 Å². The highest BCUT2D eigenvalue weighted by Crippen LogP contribution is 2.18. The lowest BCUT2D eigenvalue weighted by Crippen LogP contribution is -2.39. The van der Waals surface area contributed by atoms with Crippen LogP contribution in [0.5, 0.6) is 5.75 Å². The Labute approximate surface area is 152 Å². The van der Waals surface area contributed by atoms with Gasteiger partial charge < -0.3 is 10.1 Å². The quantitative estimate of drug-likeness (QED) is 0.800. The summed E-state index contributed by atoms with van der Waals surface area (Å²) in [6.07, 6.45) is 0. The first-order valence-electron chi connectivity index (χ1n) is 7.89. The highest BCUT2D eigenvalue weighted by Gasteiger charge is 2.23. The number of sulfonamides is 1. The van der Waals surface area contributed by atoms with Crippen LogP contribution in [0.15, 0.2) is 53.4 Å². The van der Waals surface area contributed by atoms with Crippen molar-refractivity contribution in [2.75, 3.05) is 20.7 Å². The van der Waals surface area contributed by atoms with E-state index in [2.05, 4.69) is 5.32 Å². The Kier molecular flexibility index (Phi) is 6.33. The minimum Gasteiger partial charge on any atom is -0.497 e. The second-order valence-electron chi connectivity index (χ2n) is 5.78. The van der Waals surface area contributed by atoms with E-state index < -0.39 is 15.9 Å². The predicted molar refractivity (Wildman–Crippen MR) is 95.8 cm³/mol. The molecule has 2 rings (SSSR count). The maximum absolute atomic E-state index is 13.0. The molecule has 0 saturated carbocycles. The van der Waals surface area contributed by atoms with Gasteiger partial charge in [-0.2, -0.15) is 4.31 Å². The Bertz CT molecular complexity index is 852. The third-order valence-corrected chi connectivity index (χ3v) is 5.70. The van der Waals surface area contributed by atoms with Gasteiger partial charge in [0.05, 0.1) is 24.6 Å². The molecule has 2 aromatic carbocycles. The van der Waals surface area contributed by atoms with Gasteiger partial charge in [0.25, 0.3) is 0 Å². The fourth-order valence-corrected chi connectivity index (χ4v) is 3.46. The second kappa shape index (κ2) is 8.29. The number of halogens is 1. The number of carbonyl (C=O) groups excluding carboxylic acids is 1. The average Bonchev–Trinajstić information content (AvgIpc) is 2.62. The molecule has 1 atom stereocenters. The fraction of sp³-hybridized carbons (Fsp3) is 0.278. The van der Waals surface area contributed by atoms with Gasteiger partial charge in [-0.1, -0.05) is 12.1 Å². The van der Waals surface area contributed by atoms with Gasteiger partial charge in [0, 0.05) is 7.05 Å². The monoisotopic (exact) mass is 380 g/mol. The van der Waals surface area contributed by atoms with Gasteiger partial charge in [-0.3, -0.25) is 4.79 Å². The molecule has 0 bridgehead atoms. The highest BCUT2D eigenvalue weighted by molar-refractivity contribution is 7.89. The molecule has 1 amide bonds. The minimum atomic E-state index is -3.80. The third-order valence-electron chi connectivity index (χ3n) is 3.88. The number of nitrogens with zero attached hydrogens (tertiary/aromatic N) is 1. The van der Waals surface area contributed by atoms with Crippen LogP contribution < -0.4 is 10.1 Å². The van der Waals surface area contributed by atoms with E-state index in [0.29, 0.717) is 5.75 Å². The van der Waals surface area contributed by atoms with Crippen LogP contribution in [0.4, 0.5) is 4.39 Å². The van der Waals surface area contributed by atoms with Gasteiger partial charge in [0.2, 0.25) is 15.9 Å². The standard InChI is InChI=1S/C18H21FN2O4S/c1-13(14-4-6-15(19)7-5-14)20-18(22)12-21(2)26(23,24)17-10-8-16(25-3)9-11-17/h4-11,13H,12H2,1-3H3,(H,20,22). The summed E-state index contributed by atoms with van der Waals surface area (Å²) in [5.74, 6) is -0.281. The van der Waals surface area contributed by atoms with E-state index in [9.17, 15) is 17.6 Å². The molecule has 2 aromatic rings. The van der Waals surface area contributed by atoms with E-state index in [0.717, 1.165) is 9.87 Å². The largest absolute Gasteiger partial charge is 0.497 e. The van der Waals surface area contributed by atoms with Gasteiger partial charge in [-0.05, 0) is 48.9 Å². The summed E-state index contributed by atoms with van der Waals surface area (Å²) in [7, 11) is -0.974. The maximum atomic E-state index is 13.0. The lowest BCUT2D eigenvalue weighted by atomic mass is 10.1. The Morgan fingerprint density at radius 3 is 2.27 bits per heavy atom. The van der Waals surface area contributed by atoms with Crippen molar-refractivity contribution in [3.8, 4) is 5.75 Å². The third kappa shape index (κ3) is 4.80. The summed E-state index contributed by atoms with van der Waals surface area (Å²) in [6.45, 7) is 1.41. The molecule has 26 heavy (non-hydrogen) atoms. The Morgan fingerprint density at radius 1 is 1.15 bits per heavy atom. The zero-order chi connectivity index (χ0) is 19.3. The number of nitrogens with one attached hydrogen (secondary N) is 1. The lowest BCUT2D eigenvalue weighted by molar-refractivity contribution is -0.121. The molecule has 1 unspecified atom stereocenters. The molecule has 0 fully saturated rings. The Balaban J connectivity index is 2.01. The van der Waals surface area contributed by atoms with Gasteiger partial charge in [0.15, 0.2) is 0 Å². The molecule has 0 aliphatic rings. The lowest BCUT2D eigenvalue weighted by Gasteiger charge is -2.19. The van der Waals surface area contributed by atoms with Gasteiger partial charge >= 0.3 is 0 Å². The highest BCUT2D eigenvalue weighted by atomic mass is 32.2. The van der Waals surface area contributed by atoms with Crippen LogP contribution in [0.25, 0.3) is 0 Å². The summed E-state index contributed by atoms with van der Waals surface area (Å²) in [5, 5.41) is 2.70. The molecule has 6 nitrogen and oxygen atoms in total.